The largest absolute Gasteiger partial charge is 0.457 e. The lowest BCUT2D eigenvalue weighted by atomic mass is 10.1. The molecule has 0 aliphatic heterocycles. The fraction of sp³-hybridized carbons (Fsp3) is 0. The molecule has 30 heavy (non-hydrogen) atoms. The molecule has 3 nitrogen and oxygen atoms in total. The molecule has 0 amide bonds. The molecule has 0 N–H and O–H groups in total. The molecule has 0 spiro atoms. The first-order valence-electron chi connectivity index (χ1n) is 9.07. The molecule has 0 atom stereocenters. The van der Waals surface area contributed by atoms with E-state index in [0.717, 1.165) is 11.1 Å². The Labute approximate surface area is 185 Å². The van der Waals surface area contributed by atoms with Crippen LogP contribution in [-0.2, 0) is 9.84 Å². The number of benzene rings is 4. The maximum atomic E-state index is 12.9. The van der Waals surface area contributed by atoms with Crippen LogP contribution < -0.4 is 4.74 Å². The molecule has 0 bridgehead atoms. The maximum Gasteiger partial charge on any atom is 0.208 e. The molecule has 4 rings (SSSR count). The minimum absolute atomic E-state index is 0.0261. The van der Waals surface area contributed by atoms with Gasteiger partial charge in [0.05, 0.1) is 14.8 Å². The third kappa shape index (κ3) is 4.36. The van der Waals surface area contributed by atoms with Crippen LogP contribution in [0.2, 0.25) is 10.0 Å². The quantitative estimate of drug-likeness (QED) is 0.318. The summed E-state index contributed by atoms with van der Waals surface area (Å²) in [4.78, 5) is 0.0836. The van der Waals surface area contributed by atoms with Crippen LogP contribution in [-0.4, -0.2) is 8.42 Å². The van der Waals surface area contributed by atoms with Crippen molar-refractivity contribution in [3.63, 3.8) is 0 Å². The Hall–Kier alpha value is -2.79. The summed E-state index contributed by atoms with van der Waals surface area (Å²) in [6.45, 7) is 0. The Balaban J connectivity index is 1.53. The average Bonchev–Trinajstić information content (AvgIpc) is 2.77. The van der Waals surface area contributed by atoms with Crippen LogP contribution in [0.5, 0.6) is 11.5 Å². The third-order valence-electron chi connectivity index (χ3n) is 4.51. The summed E-state index contributed by atoms with van der Waals surface area (Å²) < 4.78 is 31.6. The lowest BCUT2D eigenvalue weighted by Crippen LogP contribution is -2.02. The highest BCUT2D eigenvalue weighted by molar-refractivity contribution is 7.91. The normalized spacial score (nSPS) is 11.3. The third-order valence-corrected chi connectivity index (χ3v) is 7.00. The van der Waals surface area contributed by atoms with Gasteiger partial charge in [0, 0.05) is 5.02 Å². The van der Waals surface area contributed by atoms with Crippen molar-refractivity contribution in [1.29, 1.82) is 0 Å². The second-order valence-electron chi connectivity index (χ2n) is 6.54. The van der Waals surface area contributed by atoms with E-state index in [2.05, 4.69) is 0 Å². The van der Waals surface area contributed by atoms with E-state index in [1.54, 1.807) is 18.2 Å². The molecule has 0 unspecified atom stereocenters. The molecule has 4 aromatic carbocycles. The molecule has 0 aliphatic carbocycles. The van der Waals surface area contributed by atoms with Gasteiger partial charge in [0.2, 0.25) is 9.84 Å². The van der Waals surface area contributed by atoms with Crippen LogP contribution in [0.3, 0.4) is 0 Å². The molecular formula is C24H16Cl2O3S. The highest BCUT2D eigenvalue weighted by Gasteiger charge is 2.21. The van der Waals surface area contributed by atoms with Crippen molar-refractivity contribution < 1.29 is 13.2 Å². The summed E-state index contributed by atoms with van der Waals surface area (Å²) in [7, 11) is -3.79. The molecule has 6 heteroatoms. The molecule has 0 saturated heterocycles. The first-order valence-corrected chi connectivity index (χ1v) is 11.3. The van der Waals surface area contributed by atoms with Crippen LogP contribution in [0.1, 0.15) is 0 Å². The Morgan fingerprint density at radius 3 is 1.83 bits per heavy atom. The fourth-order valence-electron chi connectivity index (χ4n) is 2.98. The topological polar surface area (TPSA) is 43.4 Å². The van der Waals surface area contributed by atoms with Crippen molar-refractivity contribution in [2.24, 2.45) is 0 Å². The number of hydrogen-bond acceptors (Lipinski definition) is 3. The van der Waals surface area contributed by atoms with E-state index in [1.165, 1.54) is 24.3 Å². The molecule has 0 aromatic heterocycles. The van der Waals surface area contributed by atoms with Gasteiger partial charge in [-0.3, -0.25) is 0 Å². The minimum atomic E-state index is -3.79. The number of rotatable bonds is 5. The summed E-state index contributed by atoms with van der Waals surface area (Å²) >= 11 is 12.0. The van der Waals surface area contributed by atoms with E-state index in [-0.39, 0.29) is 14.8 Å². The van der Waals surface area contributed by atoms with Gasteiger partial charge >= 0.3 is 0 Å². The van der Waals surface area contributed by atoms with Crippen molar-refractivity contribution >= 4 is 33.0 Å². The van der Waals surface area contributed by atoms with Gasteiger partial charge in [0.15, 0.2) is 0 Å². The summed E-state index contributed by atoms with van der Waals surface area (Å²) in [6, 6.07) is 28.3. The predicted octanol–water partition coefficient (Wildman–Crippen LogP) is 7.29. The average molecular weight is 455 g/mol. The Morgan fingerprint density at radius 1 is 0.633 bits per heavy atom. The lowest BCUT2D eigenvalue weighted by molar-refractivity contribution is 0.482. The Kier molecular flexibility index (Phi) is 5.82. The van der Waals surface area contributed by atoms with Gasteiger partial charge in [-0.15, -0.1) is 0 Å². The molecular weight excluding hydrogens is 439 g/mol. The zero-order valence-electron chi connectivity index (χ0n) is 15.6. The van der Waals surface area contributed by atoms with Gasteiger partial charge in [0.25, 0.3) is 0 Å². The predicted molar refractivity (Wildman–Crippen MR) is 120 cm³/mol. The van der Waals surface area contributed by atoms with Gasteiger partial charge in [-0.1, -0.05) is 65.7 Å². The van der Waals surface area contributed by atoms with E-state index in [9.17, 15) is 8.42 Å². The van der Waals surface area contributed by atoms with Crippen LogP contribution in [0.4, 0.5) is 0 Å². The van der Waals surface area contributed by atoms with E-state index < -0.39 is 9.84 Å². The molecule has 0 saturated carbocycles. The molecule has 150 valence electrons. The first kappa shape index (κ1) is 20.5. The zero-order valence-corrected chi connectivity index (χ0v) is 18.0. The Bertz CT molecular complexity index is 1270. The van der Waals surface area contributed by atoms with Gasteiger partial charge in [-0.2, -0.15) is 0 Å². The van der Waals surface area contributed by atoms with Crippen LogP contribution >= 0.6 is 23.2 Å². The molecule has 0 fully saturated rings. The monoisotopic (exact) mass is 454 g/mol. The highest BCUT2D eigenvalue weighted by atomic mass is 35.5. The van der Waals surface area contributed by atoms with Gasteiger partial charge in [-0.25, -0.2) is 8.42 Å². The smallest absolute Gasteiger partial charge is 0.208 e. The standard InChI is InChI=1S/C24H16Cl2O3S/c25-19-8-15-23(26)24(16-19)30(27,28)22-13-11-21(12-14-22)29-20-9-6-18(7-10-20)17-4-2-1-3-5-17/h1-16H. The Morgan fingerprint density at radius 2 is 1.20 bits per heavy atom. The van der Waals surface area contributed by atoms with Crippen LogP contribution in [0.25, 0.3) is 11.1 Å². The van der Waals surface area contributed by atoms with Gasteiger partial charge in [-0.05, 0) is 65.7 Å². The second-order valence-corrected chi connectivity index (χ2v) is 9.30. The minimum Gasteiger partial charge on any atom is -0.457 e. The summed E-state index contributed by atoms with van der Waals surface area (Å²) in [5.74, 6) is 1.18. The van der Waals surface area contributed by atoms with Gasteiger partial charge in [0.1, 0.15) is 11.5 Å². The maximum absolute atomic E-state index is 12.9. The molecule has 0 heterocycles. The SMILES string of the molecule is O=S(=O)(c1ccc(Oc2ccc(-c3ccccc3)cc2)cc1)c1cc(Cl)ccc1Cl. The van der Waals surface area contributed by atoms with E-state index in [4.69, 9.17) is 27.9 Å². The zero-order chi connectivity index (χ0) is 21.1. The van der Waals surface area contributed by atoms with E-state index >= 15 is 0 Å². The van der Waals surface area contributed by atoms with Crippen LogP contribution in [0.15, 0.2) is 107 Å². The molecule has 0 aliphatic rings. The summed E-state index contributed by atoms with van der Waals surface area (Å²) in [6.07, 6.45) is 0. The van der Waals surface area contributed by atoms with Crippen molar-refractivity contribution in [3.8, 4) is 22.6 Å². The summed E-state index contributed by atoms with van der Waals surface area (Å²) in [5, 5.41) is 0.426. The first-order chi connectivity index (χ1) is 14.4. The van der Waals surface area contributed by atoms with Crippen molar-refractivity contribution in [3.05, 3.63) is 107 Å². The van der Waals surface area contributed by atoms with E-state index in [1.807, 2.05) is 54.6 Å². The number of ether oxygens (including phenoxy) is 1. The second kappa shape index (κ2) is 8.52. The van der Waals surface area contributed by atoms with Crippen molar-refractivity contribution in [2.75, 3.05) is 0 Å². The van der Waals surface area contributed by atoms with Crippen LogP contribution in [0, 0.1) is 0 Å². The highest BCUT2D eigenvalue weighted by Crippen LogP contribution is 2.32. The lowest BCUT2D eigenvalue weighted by Gasteiger charge is -2.10. The van der Waals surface area contributed by atoms with Crippen molar-refractivity contribution in [2.45, 2.75) is 9.79 Å². The summed E-state index contributed by atoms with van der Waals surface area (Å²) in [5.41, 5.74) is 2.21. The number of sulfone groups is 1. The molecule has 0 radical (unpaired) electrons. The van der Waals surface area contributed by atoms with E-state index in [0.29, 0.717) is 16.5 Å². The van der Waals surface area contributed by atoms with Gasteiger partial charge < -0.3 is 4.74 Å². The number of halogens is 2. The molecule has 4 aromatic rings. The van der Waals surface area contributed by atoms with Crippen molar-refractivity contribution in [1.82, 2.24) is 0 Å². The fourth-order valence-corrected chi connectivity index (χ4v) is 4.99. The number of hydrogen-bond donors (Lipinski definition) is 0.